The van der Waals surface area contributed by atoms with Gasteiger partial charge in [-0.2, -0.15) is 0 Å². The lowest BCUT2D eigenvalue weighted by Crippen LogP contribution is -2.18. The summed E-state index contributed by atoms with van der Waals surface area (Å²) in [5, 5.41) is 6.42. The summed E-state index contributed by atoms with van der Waals surface area (Å²) in [4.78, 5) is 4.40. The molecule has 0 aliphatic carbocycles. The Hall–Kier alpha value is -0.970. The predicted octanol–water partition coefficient (Wildman–Crippen LogP) is 4.09. The van der Waals surface area contributed by atoms with Gasteiger partial charge in [-0.1, -0.05) is 23.7 Å². The molecule has 0 aliphatic heterocycles. The van der Waals surface area contributed by atoms with Gasteiger partial charge in [0, 0.05) is 23.2 Å². The first-order valence-electron chi connectivity index (χ1n) is 5.66. The van der Waals surface area contributed by atoms with Gasteiger partial charge in [-0.15, -0.1) is 11.3 Å². The van der Waals surface area contributed by atoms with Crippen molar-refractivity contribution in [2.24, 2.45) is 0 Å². The van der Waals surface area contributed by atoms with Crippen molar-refractivity contribution in [2.45, 2.75) is 26.4 Å². The monoisotopic (exact) mass is 284 g/mol. The van der Waals surface area contributed by atoms with E-state index in [1.54, 1.807) is 29.5 Å². The molecule has 1 N–H and O–H groups in total. The molecular formula is C13H14ClFN2S. The molecule has 5 heteroatoms. The van der Waals surface area contributed by atoms with E-state index in [1.807, 2.05) is 19.2 Å². The summed E-state index contributed by atoms with van der Waals surface area (Å²) in [5.41, 5.74) is 1.58. The van der Waals surface area contributed by atoms with E-state index in [-0.39, 0.29) is 16.9 Å². The highest BCUT2D eigenvalue weighted by molar-refractivity contribution is 7.09. The maximum absolute atomic E-state index is 13.7. The molecule has 0 radical (unpaired) electrons. The Morgan fingerprint density at radius 3 is 2.94 bits per heavy atom. The number of nitrogens with one attached hydrogen (secondary N) is 1. The zero-order chi connectivity index (χ0) is 13.1. The normalized spacial score (nSPS) is 12.7. The number of hydrogen-bond donors (Lipinski definition) is 1. The molecule has 1 heterocycles. The molecule has 2 nitrogen and oxygen atoms in total. The molecule has 0 saturated carbocycles. The van der Waals surface area contributed by atoms with Gasteiger partial charge in [-0.3, -0.25) is 0 Å². The number of aryl methyl sites for hydroxylation is 1. The first kappa shape index (κ1) is 13.5. The van der Waals surface area contributed by atoms with Crippen molar-refractivity contribution in [2.75, 3.05) is 0 Å². The first-order chi connectivity index (χ1) is 8.58. The Kier molecular flexibility index (Phi) is 4.32. The van der Waals surface area contributed by atoms with Crippen molar-refractivity contribution in [1.82, 2.24) is 10.3 Å². The molecular weight excluding hydrogens is 271 g/mol. The van der Waals surface area contributed by atoms with Crippen LogP contribution in [0.2, 0.25) is 5.02 Å². The average Bonchev–Trinajstić information content (AvgIpc) is 2.77. The summed E-state index contributed by atoms with van der Waals surface area (Å²) < 4.78 is 13.7. The zero-order valence-electron chi connectivity index (χ0n) is 10.2. The highest BCUT2D eigenvalue weighted by atomic mass is 35.5. The molecule has 96 valence electrons. The highest BCUT2D eigenvalue weighted by Gasteiger charge is 2.11. The third-order valence-corrected chi connectivity index (χ3v) is 4.07. The summed E-state index contributed by atoms with van der Waals surface area (Å²) in [6, 6.07) is 5.13. The first-order valence-corrected chi connectivity index (χ1v) is 6.92. The van der Waals surface area contributed by atoms with E-state index in [2.05, 4.69) is 10.3 Å². The van der Waals surface area contributed by atoms with Crippen LogP contribution in [0.15, 0.2) is 23.6 Å². The smallest absolute Gasteiger partial charge is 0.146 e. The van der Waals surface area contributed by atoms with E-state index in [0.29, 0.717) is 12.1 Å². The van der Waals surface area contributed by atoms with Crippen LogP contribution in [0, 0.1) is 12.7 Å². The summed E-state index contributed by atoms with van der Waals surface area (Å²) in [5.74, 6) is -0.353. The van der Waals surface area contributed by atoms with Crippen molar-refractivity contribution < 1.29 is 4.39 Å². The van der Waals surface area contributed by atoms with Crippen molar-refractivity contribution in [3.05, 3.63) is 50.7 Å². The van der Waals surface area contributed by atoms with Crippen LogP contribution in [-0.4, -0.2) is 4.98 Å². The minimum Gasteiger partial charge on any atom is -0.304 e. The topological polar surface area (TPSA) is 24.9 Å². The van der Waals surface area contributed by atoms with Crippen LogP contribution in [-0.2, 0) is 6.54 Å². The Bertz CT molecular complexity index is 542. The van der Waals surface area contributed by atoms with Crippen LogP contribution in [0.5, 0.6) is 0 Å². The van der Waals surface area contributed by atoms with E-state index in [0.717, 1.165) is 10.7 Å². The number of halogens is 2. The minimum atomic E-state index is -0.353. The fourth-order valence-electron chi connectivity index (χ4n) is 1.61. The zero-order valence-corrected chi connectivity index (χ0v) is 11.8. The Balaban J connectivity index is 2.01. The third-order valence-electron chi connectivity index (χ3n) is 2.64. The second-order valence-electron chi connectivity index (χ2n) is 4.14. The van der Waals surface area contributed by atoms with Crippen LogP contribution < -0.4 is 5.32 Å². The van der Waals surface area contributed by atoms with E-state index in [4.69, 9.17) is 11.6 Å². The van der Waals surface area contributed by atoms with Crippen LogP contribution in [0.3, 0.4) is 0 Å². The fourth-order valence-corrected chi connectivity index (χ4v) is 2.63. The van der Waals surface area contributed by atoms with Crippen molar-refractivity contribution >= 4 is 22.9 Å². The van der Waals surface area contributed by atoms with Crippen molar-refractivity contribution in [3.8, 4) is 0 Å². The third kappa shape index (κ3) is 3.07. The lowest BCUT2D eigenvalue weighted by molar-refractivity contribution is 0.542. The largest absolute Gasteiger partial charge is 0.304 e. The summed E-state index contributed by atoms with van der Waals surface area (Å²) in [7, 11) is 0. The second kappa shape index (κ2) is 5.78. The molecule has 1 aromatic heterocycles. The van der Waals surface area contributed by atoms with Crippen LogP contribution >= 0.6 is 22.9 Å². The standard InChI is InChI=1S/C13H14ClFN2S/c1-8-7-18-13(17-8)9(2)16-6-10-4-3-5-11(14)12(10)15/h3-5,7,9,16H,6H2,1-2H3. The average molecular weight is 285 g/mol. The molecule has 2 aromatic rings. The van der Waals surface area contributed by atoms with Crippen molar-refractivity contribution in [3.63, 3.8) is 0 Å². The lowest BCUT2D eigenvalue weighted by atomic mass is 10.2. The molecule has 0 amide bonds. The number of rotatable bonds is 4. The van der Waals surface area contributed by atoms with E-state index >= 15 is 0 Å². The van der Waals surface area contributed by atoms with Gasteiger partial charge in [0.1, 0.15) is 10.8 Å². The molecule has 18 heavy (non-hydrogen) atoms. The molecule has 2 rings (SSSR count). The lowest BCUT2D eigenvalue weighted by Gasteiger charge is -2.12. The second-order valence-corrected chi connectivity index (χ2v) is 5.44. The molecule has 1 aromatic carbocycles. The summed E-state index contributed by atoms with van der Waals surface area (Å²) in [6.45, 7) is 4.41. The van der Waals surface area contributed by atoms with E-state index in [1.165, 1.54) is 0 Å². The maximum Gasteiger partial charge on any atom is 0.146 e. The molecule has 0 bridgehead atoms. The van der Waals surface area contributed by atoms with Gasteiger partial charge in [0.05, 0.1) is 11.1 Å². The van der Waals surface area contributed by atoms with Gasteiger partial charge in [0.2, 0.25) is 0 Å². The molecule has 0 fully saturated rings. The minimum absolute atomic E-state index is 0.0991. The highest BCUT2D eigenvalue weighted by Crippen LogP contribution is 2.20. The number of hydrogen-bond acceptors (Lipinski definition) is 3. The van der Waals surface area contributed by atoms with Gasteiger partial charge in [0.25, 0.3) is 0 Å². The van der Waals surface area contributed by atoms with Gasteiger partial charge in [-0.25, -0.2) is 9.37 Å². The van der Waals surface area contributed by atoms with Crippen LogP contribution in [0.4, 0.5) is 4.39 Å². The van der Waals surface area contributed by atoms with Gasteiger partial charge in [0.15, 0.2) is 0 Å². The SMILES string of the molecule is Cc1csc(C(C)NCc2cccc(Cl)c2F)n1. The number of benzene rings is 1. The Morgan fingerprint density at radius 1 is 1.50 bits per heavy atom. The van der Waals surface area contributed by atoms with E-state index < -0.39 is 0 Å². The van der Waals surface area contributed by atoms with E-state index in [9.17, 15) is 4.39 Å². The molecule has 1 unspecified atom stereocenters. The van der Waals surface area contributed by atoms with Crippen molar-refractivity contribution in [1.29, 1.82) is 0 Å². The number of nitrogens with zero attached hydrogens (tertiary/aromatic N) is 1. The molecule has 0 spiro atoms. The van der Waals surface area contributed by atoms with Gasteiger partial charge in [-0.05, 0) is 19.9 Å². The maximum atomic E-state index is 13.7. The van der Waals surface area contributed by atoms with Crippen LogP contribution in [0.1, 0.15) is 29.2 Å². The van der Waals surface area contributed by atoms with Gasteiger partial charge >= 0.3 is 0 Å². The summed E-state index contributed by atoms with van der Waals surface area (Å²) in [6.07, 6.45) is 0. The fraction of sp³-hybridized carbons (Fsp3) is 0.308. The summed E-state index contributed by atoms with van der Waals surface area (Å²) >= 11 is 7.34. The predicted molar refractivity (Wildman–Crippen MR) is 73.5 cm³/mol. The Morgan fingerprint density at radius 2 is 2.28 bits per heavy atom. The molecule has 0 saturated heterocycles. The van der Waals surface area contributed by atoms with Gasteiger partial charge < -0.3 is 5.32 Å². The number of aromatic nitrogens is 1. The quantitative estimate of drug-likeness (QED) is 0.914. The van der Waals surface area contributed by atoms with Crippen LogP contribution in [0.25, 0.3) is 0 Å². The number of thiazole rings is 1. The molecule has 0 aliphatic rings. The molecule has 1 atom stereocenters. The Labute approximate surface area is 115 Å².